The third kappa shape index (κ3) is 6.09. The first kappa shape index (κ1) is 30.2. The molecule has 1 unspecified atom stereocenters. The minimum atomic E-state index is -0.811. The maximum absolute atomic E-state index is 14.1. The van der Waals surface area contributed by atoms with Crippen LogP contribution in [-0.2, 0) is 11.4 Å². The summed E-state index contributed by atoms with van der Waals surface area (Å²) in [6, 6.07) is 19.1. The van der Waals surface area contributed by atoms with Crippen LogP contribution in [0.2, 0.25) is 0 Å². The molecule has 0 aliphatic carbocycles. The minimum Gasteiger partial charge on any atom is -0.496 e. The monoisotopic (exact) mass is 643 g/mol. The number of fused-ring (bicyclic) bond motifs is 1. The summed E-state index contributed by atoms with van der Waals surface area (Å²) in [6.07, 6.45) is 1.74. The van der Waals surface area contributed by atoms with Crippen LogP contribution in [0.4, 0.5) is 14.5 Å². The Morgan fingerprint density at radius 1 is 1.04 bits per heavy atom. The number of rotatable bonds is 8. The van der Waals surface area contributed by atoms with Crippen molar-refractivity contribution in [2.75, 3.05) is 12.4 Å². The number of amides is 1. The number of nitrogens with one attached hydrogen (secondary N) is 1. The number of aryl methyl sites for hydroxylation is 1. The molecule has 0 radical (unpaired) electrons. The number of hydrogen-bond acceptors (Lipinski definition) is 7. The van der Waals surface area contributed by atoms with E-state index in [1.54, 1.807) is 35.8 Å². The summed E-state index contributed by atoms with van der Waals surface area (Å²) in [5, 5.41) is 4.92. The quantitative estimate of drug-likeness (QED) is 0.221. The predicted molar refractivity (Wildman–Crippen MR) is 172 cm³/mol. The van der Waals surface area contributed by atoms with Gasteiger partial charge in [-0.2, -0.15) is 0 Å². The number of aromatic nitrogens is 1. The highest BCUT2D eigenvalue weighted by atomic mass is 32.1. The van der Waals surface area contributed by atoms with Gasteiger partial charge in [-0.05, 0) is 72.8 Å². The molecule has 0 bridgehead atoms. The molecule has 3 aromatic carbocycles. The number of hydrogen-bond donors (Lipinski definition) is 1. The SMILES string of the molecule is COc1ccc(C=c2sc3n(c2=O)C(c2cccs2)C(C(=O)Nc2ccccc2C)=C(C)N=3)cc1COc1ccc(F)cc1F. The van der Waals surface area contributed by atoms with Crippen molar-refractivity contribution in [2.24, 2.45) is 4.99 Å². The number of para-hydroxylation sites is 1. The number of nitrogens with zero attached hydrogens (tertiary/aromatic N) is 2. The summed E-state index contributed by atoms with van der Waals surface area (Å²) >= 11 is 2.69. The Kier molecular flexibility index (Phi) is 8.46. The van der Waals surface area contributed by atoms with Gasteiger partial charge < -0.3 is 14.8 Å². The maximum Gasteiger partial charge on any atom is 0.271 e. The molecule has 1 amide bonds. The molecule has 228 valence electrons. The molecule has 0 saturated carbocycles. The average molecular weight is 644 g/mol. The Bertz CT molecular complexity index is 2140. The summed E-state index contributed by atoms with van der Waals surface area (Å²) in [6.45, 7) is 3.65. The third-order valence-corrected chi connectivity index (χ3v) is 9.26. The second-order valence-electron chi connectivity index (χ2n) is 10.3. The number of thiophene rings is 1. The zero-order valence-electron chi connectivity index (χ0n) is 24.5. The van der Waals surface area contributed by atoms with Crippen LogP contribution in [0.1, 0.15) is 34.5 Å². The van der Waals surface area contributed by atoms with Crippen LogP contribution in [0.15, 0.2) is 99.2 Å². The van der Waals surface area contributed by atoms with E-state index in [4.69, 9.17) is 14.5 Å². The molecule has 1 atom stereocenters. The number of carbonyl (C=O) groups is 1. The van der Waals surface area contributed by atoms with Gasteiger partial charge in [-0.15, -0.1) is 11.3 Å². The third-order valence-electron chi connectivity index (χ3n) is 7.35. The number of methoxy groups -OCH3 is 1. The lowest BCUT2D eigenvalue weighted by Crippen LogP contribution is -2.40. The predicted octanol–water partition coefficient (Wildman–Crippen LogP) is 6.11. The van der Waals surface area contributed by atoms with E-state index in [1.165, 1.54) is 35.8 Å². The van der Waals surface area contributed by atoms with Gasteiger partial charge in [0, 0.05) is 22.2 Å². The van der Waals surface area contributed by atoms with Crippen LogP contribution in [0.3, 0.4) is 0 Å². The van der Waals surface area contributed by atoms with Crippen LogP contribution in [0, 0.1) is 18.6 Å². The van der Waals surface area contributed by atoms with Crippen LogP contribution >= 0.6 is 22.7 Å². The van der Waals surface area contributed by atoms with Crippen molar-refractivity contribution in [3.63, 3.8) is 0 Å². The van der Waals surface area contributed by atoms with E-state index in [9.17, 15) is 18.4 Å². The van der Waals surface area contributed by atoms with Crippen molar-refractivity contribution in [1.82, 2.24) is 4.57 Å². The molecule has 45 heavy (non-hydrogen) atoms. The van der Waals surface area contributed by atoms with E-state index in [-0.39, 0.29) is 23.8 Å². The van der Waals surface area contributed by atoms with Crippen LogP contribution in [0.5, 0.6) is 11.5 Å². The van der Waals surface area contributed by atoms with Crippen molar-refractivity contribution in [1.29, 1.82) is 0 Å². The van der Waals surface area contributed by atoms with Crippen molar-refractivity contribution in [3.8, 4) is 11.5 Å². The number of carbonyl (C=O) groups excluding carboxylic acids is 1. The molecule has 0 spiro atoms. The van der Waals surface area contributed by atoms with Gasteiger partial charge in [0.2, 0.25) is 0 Å². The fourth-order valence-corrected chi connectivity index (χ4v) is 7.00. The van der Waals surface area contributed by atoms with E-state index in [0.29, 0.717) is 43.2 Å². The van der Waals surface area contributed by atoms with Gasteiger partial charge in [-0.3, -0.25) is 14.2 Å². The van der Waals surface area contributed by atoms with E-state index < -0.39 is 17.7 Å². The largest absolute Gasteiger partial charge is 0.496 e. The zero-order valence-corrected chi connectivity index (χ0v) is 26.1. The Morgan fingerprint density at radius 3 is 2.58 bits per heavy atom. The zero-order chi connectivity index (χ0) is 31.7. The Hall–Kier alpha value is -4.87. The van der Waals surface area contributed by atoms with Crippen LogP contribution in [-0.4, -0.2) is 17.6 Å². The van der Waals surface area contributed by atoms with Gasteiger partial charge in [0.15, 0.2) is 16.4 Å². The fourth-order valence-electron chi connectivity index (χ4n) is 5.13. The summed E-state index contributed by atoms with van der Waals surface area (Å²) < 4.78 is 40.5. The van der Waals surface area contributed by atoms with Gasteiger partial charge in [0.1, 0.15) is 24.2 Å². The van der Waals surface area contributed by atoms with Crippen molar-refractivity contribution < 1.29 is 23.0 Å². The molecule has 0 saturated heterocycles. The number of anilines is 1. The van der Waals surface area contributed by atoms with Gasteiger partial charge >= 0.3 is 0 Å². The number of allylic oxidation sites excluding steroid dienone is 1. The fraction of sp³-hybridized carbons (Fsp3) is 0.147. The second kappa shape index (κ2) is 12.6. The topological polar surface area (TPSA) is 81.9 Å². The number of thiazole rings is 1. The van der Waals surface area contributed by atoms with Crippen LogP contribution in [0.25, 0.3) is 6.08 Å². The van der Waals surface area contributed by atoms with Gasteiger partial charge in [0.05, 0.1) is 22.9 Å². The summed E-state index contributed by atoms with van der Waals surface area (Å²) in [7, 11) is 1.51. The number of ether oxygens (including phenoxy) is 2. The molecular formula is C34H27F2N3O4S2. The summed E-state index contributed by atoms with van der Waals surface area (Å²) in [4.78, 5) is 33.8. The molecule has 1 aliphatic rings. The van der Waals surface area contributed by atoms with Crippen molar-refractivity contribution in [3.05, 3.63) is 142 Å². The molecule has 11 heteroatoms. The number of benzene rings is 3. The van der Waals surface area contributed by atoms with E-state index >= 15 is 0 Å². The Labute approximate surface area is 265 Å². The smallest absolute Gasteiger partial charge is 0.271 e. The first-order chi connectivity index (χ1) is 21.7. The lowest BCUT2D eigenvalue weighted by atomic mass is 10.0. The normalized spacial score (nSPS) is 14.6. The highest BCUT2D eigenvalue weighted by Crippen LogP contribution is 2.33. The minimum absolute atomic E-state index is 0.0500. The van der Waals surface area contributed by atoms with E-state index in [2.05, 4.69) is 5.32 Å². The second-order valence-corrected chi connectivity index (χ2v) is 12.3. The standard InChI is InChI=1S/C34H27F2N3O4S2/c1-19-7-4-5-8-25(19)38-32(40)30-20(2)37-34-39(31(30)28-9-6-14-44-28)33(41)29(45-34)16-21-10-12-26(42-3)22(15-21)18-43-27-13-11-23(35)17-24(27)36/h4-17,31H,18H2,1-3H3,(H,38,40). The molecule has 1 N–H and O–H groups in total. The lowest BCUT2D eigenvalue weighted by Gasteiger charge is -2.24. The van der Waals surface area contributed by atoms with Gasteiger partial charge in [-0.1, -0.05) is 41.7 Å². The molecular weight excluding hydrogens is 617 g/mol. The van der Waals surface area contributed by atoms with Crippen molar-refractivity contribution >= 4 is 40.3 Å². The molecule has 7 nitrogen and oxygen atoms in total. The first-order valence-corrected chi connectivity index (χ1v) is 15.6. The molecule has 0 fully saturated rings. The summed E-state index contributed by atoms with van der Waals surface area (Å²) in [5.41, 5.74) is 3.53. The Morgan fingerprint density at radius 2 is 1.84 bits per heavy atom. The Balaban J connectivity index is 1.38. The van der Waals surface area contributed by atoms with E-state index in [0.717, 1.165) is 22.6 Å². The van der Waals surface area contributed by atoms with Gasteiger partial charge in [-0.25, -0.2) is 13.8 Å². The summed E-state index contributed by atoms with van der Waals surface area (Å²) in [5.74, 6) is -1.42. The first-order valence-electron chi connectivity index (χ1n) is 13.9. The highest BCUT2D eigenvalue weighted by molar-refractivity contribution is 7.10. The van der Waals surface area contributed by atoms with E-state index in [1.807, 2.05) is 48.7 Å². The van der Waals surface area contributed by atoms with Crippen molar-refractivity contribution in [2.45, 2.75) is 26.5 Å². The van der Waals surface area contributed by atoms with Gasteiger partial charge in [0.25, 0.3) is 11.5 Å². The number of halogens is 2. The molecule has 6 rings (SSSR count). The maximum atomic E-state index is 14.1. The molecule has 1 aliphatic heterocycles. The molecule has 3 heterocycles. The molecule has 2 aromatic heterocycles. The van der Waals surface area contributed by atoms with Crippen LogP contribution < -0.4 is 29.7 Å². The lowest BCUT2D eigenvalue weighted by molar-refractivity contribution is -0.113. The molecule has 5 aromatic rings. The average Bonchev–Trinajstić information content (AvgIpc) is 3.65. The highest BCUT2D eigenvalue weighted by Gasteiger charge is 2.33.